The second kappa shape index (κ2) is 11.2. The topological polar surface area (TPSA) is 70.2 Å². The Morgan fingerprint density at radius 1 is 0.972 bits per heavy atom. The van der Waals surface area contributed by atoms with Crippen molar-refractivity contribution in [2.75, 3.05) is 48.2 Å². The first-order valence-electron chi connectivity index (χ1n) is 11.7. The highest BCUT2D eigenvalue weighted by Crippen LogP contribution is 2.26. The Morgan fingerprint density at radius 2 is 1.64 bits per heavy atom. The van der Waals surface area contributed by atoms with Gasteiger partial charge in [-0.05, 0) is 54.4 Å². The Labute approximate surface area is 217 Å². The van der Waals surface area contributed by atoms with Crippen LogP contribution in [0.2, 0.25) is 5.02 Å². The summed E-state index contributed by atoms with van der Waals surface area (Å²) < 4.78 is 32.0. The number of amides is 1. The Morgan fingerprint density at radius 3 is 2.28 bits per heavy atom. The fourth-order valence-corrected chi connectivity index (χ4v) is 5.21. The van der Waals surface area contributed by atoms with Gasteiger partial charge in [-0.2, -0.15) is 0 Å². The molecule has 0 N–H and O–H groups in total. The van der Waals surface area contributed by atoms with E-state index in [1.807, 2.05) is 55.5 Å². The molecule has 1 aliphatic heterocycles. The molecule has 1 heterocycles. The van der Waals surface area contributed by atoms with Crippen LogP contribution in [0.4, 0.5) is 11.4 Å². The zero-order chi connectivity index (χ0) is 25.7. The van der Waals surface area contributed by atoms with Gasteiger partial charge in [-0.3, -0.25) is 9.10 Å². The third kappa shape index (κ3) is 6.50. The van der Waals surface area contributed by atoms with Crippen LogP contribution >= 0.6 is 11.6 Å². The normalized spacial score (nSPS) is 14.0. The van der Waals surface area contributed by atoms with Gasteiger partial charge in [0.1, 0.15) is 18.9 Å². The minimum atomic E-state index is -3.66. The average Bonchev–Trinajstić information content (AvgIpc) is 2.88. The third-order valence-electron chi connectivity index (χ3n) is 6.20. The first kappa shape index (κ1) is 25.9. The van der Waals surface area contributed by atoms with Crippen LogP contribution in [0, 0.1) is 6.92 Å². The van der Waals surface area contributed by atoms with Gasteiger partial charge in [0.15, 0.2) is 0 Å². The van der Waals surface area contributed by atoms with Gasteiger partial charge >= 0.3 is 0 Å². The van der Waals surface area contributed by atoms with Crippen LogP contribution in [0.1, 0.15) is 11.1 Å². The number of piperazine rings is 1. The maximum Gasteiger partial charge on any atom is 0.243 e. The van der Waals surface area contributed by atoms with Crippen molar-refractivity contribution in [1.29, 1.82) is 0 Å². The van der Waals surface area contributed by atoms with Gasteiger partial charge in [0.2, 0.25) is 15.9 Å². The van der Waals surface area contributed by atoms with Crippen LogP contribution in [0.25, 0.3) is 0 Å². The molecule has 0 unspecified atom stereocenters. The van der Waals surface area contributed by atoms with Crippen molar-refractivity contribution in [1.82, 2.24) is 4.90 Å². The number of hydrogen-bond acceptors (Lipinski definition) is 5. The SMILES string of the molecule is Cc1ccc(Cl)cc1N1CCN(C(=O)CN(c2ccc(OCc3ccccc3)cc2)S(C)(=O)=O)CC1. The number of sulfonamides is 1. The number of ether oxygens (including phenoxy) is 1. The lowest BCUT2D eigenvalue weighted by atomic mass is 10.1. The van der Waals surface area contributed by atoms with Gasteiger partial charge in [0, 0.05) is 36.9 Å². The summed E-state index contributed by atoms with van der Waals surface area (Å²) in [5, 5.41) is 0.675. The Kier molecular flexibility index (Phi) is 8.06. The van der Waals surface area contributed by atoms with E-state index in [1.165, 1.54) is 0 Å². The van der Waals surface area contributed by atoms with E-state index in [1.54, 1.807) is 29.2 Å². The Balaban J connectivity index is 1.38. The van der Waals surface area contributed by atoms with E-state index >= 15 is 0 Å². The van der Waals surface area contributed by atoms with E-state index in [9.17, 15) is 13.2 Å². The smallest absolute Gasteiger partial charge is 0.243 e. The van der Waals surface area contributed by atoms with Crippen molar-refractivity contribution in [3.8, 4) is 5.75 Å². The second-order valence-electron chi connectivity index (χ2n) is 8.84. The Bertz CT molecular complexity index is 1290. The largest absolute Gasteiger partial charge is 0.489 e. The number of rotatable bonds is 8. The number of aryl methyl sites for hydroxylation is 1. The van der Waals surface area contributed by atoms with Crippen LogP contribution in [-0.2, 0) is 21.4 Å². The van der Waals surface area contributed by atoms with Gasteiger partial charge in [0.25, 0.3) is 0 Å². The number of halogens is 1. The molecule has 1 saturated heterocycles. The molecule has 7 nitrogen and oxygen atoms in total. The summed E-state index contributed by atoms with van der Waals surface area (Å²) in [7, 11) is -3.66. The highest BCUT2D eigenvalue weighted by molar-refractivity contribution is 7.92. The highest BCUT2D eigenvalue weighted by atomic mass is 35.5. The van der Waals surface area contributed by atoms with Crippen molar-refractivity contribution < 1.29 is 17.9 Å². The van der Waals surface area contributed by atoms with Gasteiger partial charge in [-0.1, -0.05) is 48.0 Å². The van der Waals surface area contributed by atoms with Gasteiger partial charge in [0.05, 0.1) is 11.9 Å². The molecule has 1 fully saturated rings. The van der Waals surface area contributed by atoms with E-state index in [2.05, 4.69) is 4.90 Å². The van der Waals surface area contributed by atoms with Gasteiger partial charge < -0.3 is 14.5 Å². The lowest BCUT2D eigenvalue weighted by molar-refractivity contribution is -0.129. The summed E-state index contributed by atoms with van der Waals surface area (Å²) in [6.45, 7) is 4.52. The van der Waals surface area contributed by atoms with E-state index < -0.39 is 10.0 Å². The summed E-state index contributed by atoms with van der Waals surface area (Å²) in [5.74, 6) is 0.391. The third-order valence-corrected chi connectivity index (χ3v) is 7.57. The first-order chi connectivity index (χ1) is 17.2. The van der Waals surface area contributed by atoms with Crippen LogP contribution in [-0.4, -0.2) is 58.2 Å². The summed E-state index contributed by atoms with van der Waals surface area (Å²) >= 11 is 6.17. The quantitative estimate of drug-likeness (QED) is 0.436. The highest BCUT2D eigenvalue weighted by Gasteiger charge is 2.27. The van der Waals surface area contributed by atoms with Crippen molar-refractivity contribution in [3.63, 3.8) is 0 Å². The standard InChI is InChI=1S/C27H30ClN3O4S/c1-21-8-9-23(28)18-26(21)29-14-16-30(17-15-29)27(32)19-31(36(2,33)34)24-10-12-25(13-11-24)35-20-22-6-4-3-5-7-22/h3-13,18H,14-17,19-20H2,1-2H3. The van der Waals surface area contributed by atoms with E-state index in [4.69, 9.17) is 16.3 Å². The molecule has 0 aliphatic carbocycles. The number of carbonyl (C=O) groups is 1. The molecule has 0 bridgehead atoms. The monoisotopic (exact) mass is 527 g/mol. The van der Waals surface area contributed by atoms with Crippen LogP contribution in [0.5, 0.6) is 5.75 Å². The molecule has 36 heavy (non-hydrogen) atoms. The second-order valence-corrected chi connectivity index (χ2v) is 11.2. The molecule has 1 amide bonds. The minimum absolute atomic E-state index is 0.229. The summed E-state index contributed by atoms with van der Waals surface area (Å²) in [4.78, 5) is 17.0. The predicted molar refractivity (Wildman–Crippen MR) is 144 cm³/mol. The first-order valence-corrected chi connectivity index (χ1v) is 14.0. The molecule has 3 aromatic rings. The maximum atomic E-state index is 13.1. The van der Waals surface area contributed by atoms with Crippen molar-refractivity contribution in [2.24, 2.45) is 0 Å². The van der Waals surface area contributed by atoms with E-state index in [0.717, 1.165) is 27.4 Å². The summed E-state index contributed by atoms with van der Waals surface area (Å²) in [6, 6.07) is 22.3. The summed E-state index contributed by atoms with van der Waals surface area (Å²) in [5.41, 5.74) is 3.64. The van der Waals surface area contributed by atoms with E-state index in [0.29, 0.717) is 49.2 Å². The molecular formula is C27H30ClN3O4S. The number of carbonyl (C=O) groups excluding carboxylic acids is 1. The molecule has 1 aliphatic rings. The fourth-order valence-electron chi connectivity index (χ4n) is 4.19. The van der Waals surface area contributed by atoms with Crippen LogP contribution in [0.3, 0.4) is 0 Å². The molecule has 9 heteroatoms. The predicted octanol–water partition coefficient (Wildman–Crippen LogP) is 4.34. The average molecular weight is 528 g/mol. The van der Waals surface area contributed by atoms with E-state index in [-0.39, 0.29) is 12.5 Å². The lowest BCUT2D eigenvalue weighted by Gasteiger charge is -2.37. The zero-order valence-electron chi connectivity index (χ0n) is 20.4. The number of anilines is 2. The van der Waals surface area contributed by atoms with Gasteiger partial charge in [-0.25, -0.2) is 8.42 Å². The zero-order valence-corrected chi connectivity index (χ0v) is 22.0. The number of hydrogen-bond donors (Lipinski definition) is 0. The van der Waals surface area contributed by atoms with Crippen molar-refractivity contribution in [3.05, 3.63) is 88.9 Å². The molecule has 0 spiro atoms. The van der Waals surface area contributed by atoms with Crippen molar-refractivity contribution >= 4 is 38.9 Å². The molecule has 0 radical (unpaired) electrons. The van der Waals surface area contributed by atoms with Crippen molar-refractivity contribution in [2.45, 2.75) is 13.5 Å². The molecule has 3 aromatic carbocycles. The maximum absolute atomic E-state index is 13.1. The Hall–Kier alpha value is -3.23. The number of nitrogens with zero attached hydrogens (tertiary/aromatic N) is 3. The molecule has 0 atom stereocenters. The van der Waals surface area contributed by atoms with Crippen LogP contribution in [0.15, 0.2) is 72.8 Å². The molecule has 0 saturated carbocycles. The lowest BCUT2D eigenvalue weighted by Crippen LogP contribution is -2.52. The molecule has 0 aromatic heterocycles. The molecular weight excluding hydrogens is 498 g/mol. The molecule has 190 valence electrons. The van der Waals surface area contributed by atoms with Crippen LogP contribution < -0.4 is 13.9 Å². The number of benzene rings is 3. The molecule has 4 rings (SSSR count). The minimum Gasteiger partial charge on any atom is -0.489 e. The summed E-state index contributed by atoms with van der Waals surface area (Å²) in [6.07, 6.45) is 1.11. The van der Waals surface area contributed by atoms with Gasteiger partial charge in [-0.15, -0.1) is 0 Å². The fraction of sp³-hybridized carbons (Fsp3) is 0.296.